The topological polar surface area (TPSA) is 42.2 Å². The molecule has 3 heteroatoms. The van der Waals surface area contributed by atoms with Crippen LogP contribution in [0, 0.1) is 6.92 Å². The number of hydrogen-bond acceptors (Lipinski definition) is 1. The molecule has 1 aliphatic rings. The Morgan fingerprint density at radius 3 is 2.88 bits per heavy atom. The third-order valence-corrected chi connectivity index (χ3v) is 3.35. The predicted molar refractivity (Wildman–Crippen MR) is 66.3 cm³/mol. The van der Waals surface area contributed by atoms with Crippen LogP contribution in [0.1, 0.15) is 30.0 Å². The van der Waals surface area contributed by atoms with Crippen LogP contribution >= 0.6 is 0 Å². The van der Waals surface area contributed by atoms with Gasteiger partial charge < -0.3 is 9.67 Å². The van der Waals surface area contributed by atoms with Gasteiger partial charge in [0, 0.05) is 23.1 Å². The minimum absolute atomic E-state index is 0.111. The summed E-state index contributed by atoms with van der Waals surface area (Å²) in [7, 11) is 0. The Hall–Kier alpha value is -1.77. The second-order valence-electron chi connectivity index (χ2n) is 4.88. The number of aryl methyl sites for hydroxylation is 1. The number of benzene rings is 1. The van der Waals surface area contributed by atoms with Gasteiger partial charge in [-0.05, 0) is 37.5 Å². The van der Waals surface area contributed by atoms with E-state index in [0.717, 1.165) is 10.9 Å². The standard InChI is InChI=1S/C14H15NO2/c1-9-2-5-13-12(6-9)10(7-14(16)17)8-15(13)11-3-4-11/h2,5-6,8,11H,3-4,7H2,1H3,(H,16,17). The molecule has 0 atom stereocenters. The number of hydrogen-bond donors (Lipinski definition) is 1. The zero-order valence-corrected chi connectivity index (χ0v) is 9.81. The van der Waals surface area contributed by atoms with E-state index in [-0.39, 0.29) is 6.42 Å². The van der Waals surface area contributed by atoms with Crippen LogP contribution in [-0.2, 0) is 11.2 Å². The van der Waals surface area contributed by atoms with Gasteiger partial charge in [-0.15, -0.1) is 0 Å². The van der Waals surface area contributed by atoms with E-state index < -0.39 is 5.97 Å². The Kier molecular flexibility index (Phi) is 2.21. The number of carboxylic acid groups (broad SMARTS) is 1. The number of fused-ring (bicyclic) bond motifs is 1. The van der Waals surface area contributed by atoms with Gasteiger partial charge in [0.05, 0.1) is 6.42 Å². The molecule has 0 saturated heterocycles. The van der Waals surface area contributed by atoms with Crippen molar-refractivity contribution in [2.24, 2.45) is 0 Å². The summed E-state index contributed by atoms with van der Waals surface area (Å²) in [4.78, 5) is 10.9. The molecule has 0 radical (unpaired) electrons. The summed E-state index contributed by atoms with van der Waals surface area (Å²) in [6.07, 6.45) is 4.56. The van der Waals surface area contributed by atoms with E-state index in [2.05, 4.69) is 22.8 Å². The molecule has 1 aromatic heterocycles. The summed E-state index contributed by atoms with van der Waals surface area (Å²) >= 11 is 0. The first-order valence-corrected chi connectivity index (χ1v) is 5.97. The molecule has 2 aromatic rings. The van der Waals surface area contributed by atoms with E-state index >= 15 is 0 Å². The van der Waals surface area contributed by atoms with Gasteiger partial charge in [-0.2, -0.15) is 0 Å². The molecule has 0 unspecified atom stereocenters. The molecule has 3 rings (SSSR count). The van der Waals surface area contributed by atoms with Crippen LogP contribution in [0.5, 0.6) is 0 Å². The van der Waals surface area contributed by atoms with E-state index in [9.17, 15) is 4.79 Å². The predicted octanol–water partition coefficient (Wildman–Crippen LogP) is 2.91. The highest BCUT2D eigenvalue weighted by Gasteiger charge is 2.26. The van der Waals surface area contributed by atoms with E-state index in [1.807, 2.05) is 13.1 Å². The molecule has 17 heavy (non-hydrogen) atoms. The lowest BCUT2D eigenvalue weighted by atomic mass is 10.1. The lowest BCUT2D eigenvalue weighted by Gasteiger charge is -2.01. The molecule has 1 N–H and O–H groups in total. The second-order valence-corrected chi connectivity index (χ2v) is 4.88. The fourth-order valence-corrected chi connectivity index (χ4v) is 2.40. The van der Waals surface area contributed by atoms with Crippen molar-refractivity contribution < 1.29 is 9.90 Å². The molecule has 0 bridgehead atoms. The van der Waals surface area contributed by atoms with Crippen molar-refractivity contribution in [3.8, 4) is 0 Å². The van der Waals surface area contributed by atoms with Crippen LogP contribution in [0.2, 0.25) is 0 Å². The molecule has 1 aliphatic carbocycles. The lowest BCUT2D eigenvalue weighted by molar-refractivity contribution is -0.136. The maximum atomic E-state index is 10.9. The van der Waals surface area contributed by atoms with Crippen molar-refractivity contribution >= 4 is 16.9 Å². The van der Waals surface area contributed by atoms with Gasteiger partial charge in [-0.25, -0.2) is 0 Å². The zero-order chi connectivity index (χ0) is 12.0. The van der Waals surface area contributed by atoms with Gasteiger partial charge in [-0.1, -0.05) is 11.6 Å². The number of aliphatic carboxylic acids is 1. The van der Waals surface area contributed by atoms with E-state index in [1.54, 1.807) is 0 Å². The van der Waals surface area contributed by atoms with E-state index in [1.165, 1.54) is 23.9 Å². The zero-order valence-electron chi connectivity index (χ0n) is 9.81. The van der Waals surface area contributed by atoms with Crippen molar-refractivity contribution in [3.05, 3.63) is 35.5 Å². The van der Waals surface area contributed by atoms with Gasteiger partial charge in [0.15, 0.2) is 0 Å². The van der Waals surface area contributed by atoms with Gasteiger partial charge >= 0.3 is 5.97 Å². The summed E-state index contributed by atoms with van der Waals surface area (Å²) < 4.78 is 2.24. The summed E-state index contributed by atoms with van der Waals surface area (Å²) in [5, 5.41) is 10.0. The highest BCUT2D eigenvalue weighted by Crippen LogP contribution is 2.39. The average molecular weight is 229 g/mol. The Labute approximate surface area is 99.7 Å². The van der Waals surface area contributed by atoms with Crippen LogP contribution in [0.4, 0.5) is 0 Å². The third-order valence-electron chi connectivity index (χ3n) is 3.35. The number of carbonyl (C=O) groups is 1. The van der Waals surface area contributed by atoms with Crippen LogP contribution in [0.25, 0.3) is 10.9 Å². The second kappa shape index (κ2) is 3.62. The van der Waals surface area contributed by atoms with Crippen molar-refractivity contribution in [2.45, 2.75) is 32.2 Å². The highest BCUT2D eigenvalue weighted by atomic mass is 16.4. The SMILES string of the molecule is Cc1ccc2c(c1)c(CC(=O)O)cn2C1CC1. The Morgan fingerprint density at radius 1 is 1.47 bits per heavy atom. The first-order valence-electron chi connectivity index (χ1n) is 5.97. The summed E-state index contributed by atoms with van der Waals surface area (Å²) in [5.74, 6) is -0.763. The normalized spacial score (nSPS) is 15.4. The molecule has 0 aliphatic heterocycles. The number of rotatable bonds is 3. The molecule has 0 amide bonds. The van der Waals surface area contributed by atoms with Crippen molar-refractivity contribution in [2.75, 3.05) is 0 Å². The van der Waals surface area contributed by atoms with Crippen LogP contribution < -0.4 is 0 Å². The van der Waals surface area contributed by atoms with Crippen LogP contribution in [0.3, 0.4) is 0 Å². The summed E-state index contributed by atoms with van der Waals surface area (Å²) in [5.41, 5.74) is 3.29. The van der Waals surface area contributed by atoms with E-state index in [0.29, 0.717) is 6.04 Å². The number of nitrogens with zero attached hydrogens (tertiary/aromatic N) is 1. The molecule has 3 nitrogen and oxygen atoms in total. The fourth-order valence-electron chi connectivity index (χ4n) is 2.40. The quantitative estimate of drug-likeness (QED) is 0.879. The Bertz CT molecular complexity index is 594. The van der Waals surface area contributed by atoms with Gasteiger partial charge in [0.1, 0.15) is 0 Å². The molecule has 88 valence electrons. The van der Waals surface area contributed by atoms with Crippen molar-refractivity contribution in [1.82, 2.24) is 4.57 Å². The highest BCUT2D eigenvalue weighted by molar-refractivity contribution is 5.88. The molecular formula is C14H15NO2. The smallest absolute Gasteiger partial charge is 0.307 e. The molecule has 1 aromatic carbocycles. The molecule has 1 heterocycles. The average Bonchev–Trinajstić information content (AvgIpc) is 3.04. The van der Waals surface area contributed by atoms with E-state index in [4.69, 9.17) is 5.11 Å². The van der Waals surface area contributed by atoms with Gasteiger partial charge in [-0.3, -0.25) is 4.79 Å². The maximum absolute atomic E-state index is 10.9. The number of carboxylic acids is 1. The van der Waals surface area contributed by atoms with Crippen molar-refractivity contribution in [1.29, 1.82) is 0 Å². The van der Waals surface area contributed by atoms with Gasteiger partial charge in [0.25, 0.3) is 0 Å². The third kappa shape index (κ3) is 1.82. The lowest BCUT2D eigenvalue weighted by Crippen LogP contribution is -1.99. The minimum Gasteiger partial charge on any atom is -0.481 e. The summed E-state index contributed by atoms with van der Waals surface area (Å²) in [6.45, 7) is 2.04. The fraction of sp³-hybridized carbons (Fsp3) is 0.357. The number of aromatic nitrogens is 1. The largest absolute Gasteiger partial charge is 0.481 e. The summed E-state index contributed by atoms with van der Waals surface area (Å²) in [6, 6.07) is 6.87. The molecule has 1 saturated carbocycles. The van der Waals surface area contributed by atoms with Crippen molar-refractivity contribution in [3.63, 3.8) is 0 Å². The first-order chi connectivity index (χ1) is 8.15. The molecule has 1 fully saturated rings. The van der Waals surface area contributed by atoms with Crippen LogP contribution in [0.15, 0.2) is 24.4 Å². The minimum atomic E-state index is -0.763. The Balaban J connectivity index is 2.19. The Morgan fingerprint density at radius 2 is 2.24 bits per heavy atom. The molecule has 0 spiro atoms. The maximum Gasteiger partial charge on any atom is 0.307 e. The monoisotopic (exact) mass is 229 g/mol. The van der Waals surface area contributed by atoms with Crippen LogP contribution in [-0.4, -0.2) is 15.6 Å². The first kappa shape index (κ1) is 10.4. The molecular weight excluding hydrogens is 214 g/mol. The van der Waals surface area contributed by atoms with Gasteiger partial charge in [0.2, 0.25) is 0 Å².